The molecule has 26 heavy (non-hydrogen) atoms. The maximum Gasteiger partial charge on any atom is 0.141 e. The Hall–Kier alpha value is -2.57. The van der Waals surface area contributed by atoms with Crippen LogP contribution in [0.5, 0.6) is 0 Å². The molecule has 0 unspecified atom stereocenters. The highest BCUT2D eigenvalue weighted by molar-refractivity contribution is 7.99. The van der Waals surface area contributed by atoms with E-state index >= 15 is 0 Å². The van der Waals surface area contributed by atoms with Crippen LogP contribution in [0.4, 0.5) is 0 Å². The standard InChI is InChI=1S/C23H23O2P/c1-3-25-23(24)19(2)26(20-13-7-4-8-14-20,21-15-9-5-10-16-21)22-17-11-6-12-18-22/h4-18H,3H2,1-2H3/b23-19+. The molecule has 0 heterocycles. The monoisotopic (exact) mass is 362 g/mol. The van der Waals surface area contributed by atoms with Crippen molar-refractivity contribution in [2.45, 2.75) is 13.8 Å². The van der Waals surface area contributed by atoms with Gasteiger partial charge in [0.1, 0.15) is 28.5 Å². The molecule has 3 heteroatoms. The molecule has 2 nitrogen and oxygen atoms in total. The van der Waals surface area contributed by atoms with Gasteiger partial charge in [0, 0.05) is 0 Å². The summed E-state index contributed by atoms with van der Waals surface area (Å²) in [5, 5.41) is 17.1. The van der Waals surface area contributed by atoms with E-state index in [9.17, 15) is 5.11 Å². The highest BCUT2D eigenvalue weighted by Gasteiger charge is 2.48. The summed E-state index contributed by atoms with van der Waals surface area (Å²) in [5.74, 6) is -0.225. The number of ether oxygens (including phenoxy) is 1. The van der Waals surface area contributed by atoms with Gasteiger partial charge in [-0.2, -0.15) is 0 Å². The first kappa shape index (κ1) is 18.2. The molecule has 0 radical (unpaired) electrons. The largest absolute Gasteiger partial charge is 0.611 e. The molecule has 0 aliphatic rings. The van der Waals surface area contributed by atoms with E-state index in [0.717, 1.165) is 21.2 Å². The Morgan fingerprint density at radius 3 is 1.38 bits per heavy atom. The fraction of sp³-hybridized carbons (Fsp3) is 0.130. The van der Waals surface area contributed by atoms with Crippen molar-refractivity contribution in [3.8, 4) is 0 Å². The van der Waals surface area contributed by atoms with Crippen molar-refractivity contribution < 1.29 is 9.84 Å². The molecule has 0 spiro atoms. The minimum Gasteiger partial charge on any atom is -0.611 e. The van der Waals surface area contributed by atoms with Crippen LogP contribution in [0.15, 0.2) is 102 Å². The average Bonchev–Trinajstić information content (AvgIpc) is 2.71. The summed E-state index contributed by atoms with van der Waals surface area (Å²) in [6.07, 6.45) is 0. The van der Waals surface area contributed by atoms with E-state index in [4.69, 9.17) is 4.74 Å². The summed E-state index contributed by atoms with van der Waals surface area (Å²) >= 11 is 0. The molecule has 0 saturated carbocycles. The number of hydrogen-bond acceptors (Lipinski definition) is 2. The van der Waals surface area contributed by atoms with Gasteiger partial charge in [0.15, 0.2) is 0 Å². The normalized spacial score (nSPS) is 12.4. The summed E-state index contributed by atoms with van der Waals surface area (Å²) in [7, 11) is -2.29. The molecule has 0 aromatic heterocycles. The van der Waals surface area contributed by atoms with Gasteiger partial charge in [0.05, 0.1) is 5.95 Å². The zero-order valence-corrected chi connectivity index (χ0v) is 16.0. The van der Waals surface area contributed by atoms with Crippen molar-refractivity contribution in [1.82, 2.24) is 0 Å². The van der Waals surface area contributed by atoms with Gasteiger partial charge in [-0.25, -0.2) is 0 Å². The van der Waals surface area contributed by atoms with Gasteiger partial charge in [0.25, 0.3) is 0 Å². The predicted octanol–water partition coefficient (Wildman–Crippen LogP) is 3.57. The van der Waals surface area contributed by atoms with Crippen LogP contribution >= 0.6 is 7.26 Å². The molecular weight excluding hydrogens is 339 g/mol. The number of benzene rings is 3. The van der Waals surface area contributed by atoms with Crippen LogP contribution in [0.3, 0.4) is 0 Å². The van der Waals surface area contributed by atoms with Crippen LogP contribution in [-0.4, -0.2) is 6.61 Å². The quantitative estimate of drug-likeness (QED) is 0.496. The van der Waals surface area contributed by atoms with Gasteiger partial charge in [0.2, 0.25) is 0 Å². The zero-order valence-electron chi connectivity index (χ0n) is 15.1. The molecule has 0 saturated heterocycles. The first-order valence-corrected chi connectivity index (χ1v) is 10.6. The van der Waals surface area contributed by atoms with E-state index in [1.807, 2.05) is 68.4 Å². The second kappa shape index (κ2) is 8.21. The summed E-state index contributed by atoms with van der Waals surface area (Å²) in [4.78, 5) is 0. The molecule has 3 rings (SSSR count). The molecule has 3 aromatic carbocycles. The van der Waals surface area contributed by atoms with Crippen molar-refractivity contribution in [3.05, 3.63) is 102 Å². The summed E-state index contributed by atoms with van der Waals surface area (Å²) in [6.45, 7) is 4.15. The minimum atomic E-state index is -2.29. The smallest absolute Gasteiger partial charge is 0.141 e. The summed E-state index contributed by atoms with van der Waals surface area (Å²) in [5.41, 5.74) is 0. The Balaban J connectivity index is 2.42. The highest BCUT2D eigenvalue weighted by Crippen LogP contribution is 2.62. The lowest BCUT2D eigenvalue weighted by molar-refractivity contribution is -0.357. The lowest BCUT2D eigenvalue weighted by atomic mass is 10.4. The number of hydrogen-bond donors (Lipinski definition) is 0. The van der Waals surface area contributed by atoms with Gasteiger partial charge >= 0.3 is 0 Å². The van der Waals surface area contributed by atoms with Crippen LogP contribution in [0.25, 0.3) is 0 Å². The molecule has 0 aliphatic carbocycles. The van der Waals surface area contributed by atoms with E-state index in [1.165, 1.54) is 0 Å². The van der Waals surface area contributed by atoms with Crippen LogP contribution in [-0.2, 0) is 4.74 Å². The Kier molecular flexibility index (Phi) is 5.75. The molecule has 0 bridgehead atoms. The highest BCUT2D eigenvalue weighted by atomic mass is 31.2. The Morgan fingerprint density at radius 1 is 0.731 bits per heavy atom. The van der Waals surface area contributed by atoms with Crippen molar-refractivity contribution in [2.75, 3.05) is 6.61 Å². The van der Waals surface area contributed by atoms with Gasteiger partial charge in [-0.1, -0.05) is 61.5 Å². The third-order valence-corrected chi connectivity index (χ3v) is 8.91. The van der Waals surface area contributed by atoms with Crippen LogP contribution in [0, 0.1) is 0 Å². The molecule has 132 valence electrons. The van der Waals surface area contributed by atoms with E-state index in [1.54, 1.807) is 0 Å². The van der Waals surface area contributed by atoms with Crippen molar-refractivity contribution in [1.29, 1.82) is 0 Å². The van der Waals surface area contributed by atoms with Crippen LogP contribution < -0.4 is 21.0 Å². The van der Waals surface area contributed by atoms with Crippen LogP contribution in [0.1, 0.15) is 13.8 Å². The topological polar surface area (TPSA) is 32.3 Å². The minimum absolute atomic E-state index is 0.225. The average molecular weight is 362 g/mol. The van der Waals surface area contributed by atoms with Crippen LogP contribution in [0.2, 0.25) is 0 Å². The Bertz CT molecular complexity index is 762. The van der Waals surface area contributed by atoms with Gasteiger partial charge in [-0.05, 0) is 49.9 Å². The van der Waals surface area contributed by atoms with E-state index < -0.39 is 7.26 Å². The second-order valence-corrected chi connectivity index (χ2v) is 9.55. The Labute approximate surface area is 156 Å². The number of allylic oxidation sites excluding steroid dienone is 1. The fourth-order valence-electron chi connectivity index (χ4n) is 3.36. The van der Waals surface area contributed by atoms with E-state index in [2.05, 4.69) is 36.4 Å². The lowest BCUT2D eigenvalue weighted by Gasteiger charge is -2.30. The Morgan fingerprint density at radius 2 is 1.08 bits per heavy atom. The summed E-state index contributed by atoms with van der Waals surface area (Å²) < 4.78 is 5.43. The molecular formula is C23H23O2P. The van der Waals surface area contributed by atoms with E-state index in [-0.39, 0.29) is 5.95 Å². The maximum absolute atomic E-state index is 12.9. The van der Waals surface area contributed by atoms with Crippen molar-refractivity contribution in [2.24, 2.45) is 0 Å². The van der Waals surface area contributed by atoms with Crippen molar-refractivity contribution >= 4 is 23.2 Å². The van der Waals surface area contributed by atoms with E-state index in [0.29, 0.717) is 6.61 Å². The fourth-order valence-corrected chi connectivity index (χ4v) is 7.61. The summed E-state index contributed by atoms with van der Waals surface area (Å²) in [6, 6.07) is 31.0. The zero-order chi connectivity index (χ0) is 18.4. The van der Waals surface area contributed by atoms with Crippen molar-refractivity contribution in [3.63, 3.8) is 0 Å². The second-order valence-electron chi connectivity index (χ2n) is 5.98. The molecule has 3 aromatic rings. The number of rotatable bonds is 6. The first-order chi connectivity index (χ1) is 12.7. The molecule has 0 atom stereocenters. The maximum atomic E-state index is 12.9. The van der Waals surface area contributed by atoms with Gasteiger partial charge < -0.3 is 9.84 Å². The van der Waals surface area contributed by atoms with Gasteiger partial charge in [-0.15, -0.1) is 0 Å². The first-order valence-electron chi connectivity index (χ1n) is 8.78. The molecule has 0 amide bonds. The molecule has 0 aliphatic heterocycles. The lowest BCUT2D eigenvalue weighted by Crippen LogP contribution is -2.33. The molecule has 0 fully saturated rings. The third-order valence-electron chi connectivity index (χ3n) is 4.50. The molecule has 0 N–H and O–H groups in total. The third kappa shape index (κ3) is 3.25. The van der Waals surface area contributed by atoms with Gasteiger partial charge in [-0.3, -0.25) is 0 Å². The predicted molar refractivity (Wildman–Crippen MR) is 109 cm³/mol. The SMILES string of the molecule is CCO/C([O-])=C(\C)[P+](c1ccccc1)(c1ccccc1)c1ccccc1.